The molecule has 6 nitrogen and oxygen atoms in total. The van der Waals surface area contributed by atoms with Crippen LogP contribution < -0.4 is 5.73 Å². The topological polar surface area (TPSA) is 87.0 Å². The zero-order valence-electron chi connectivity index (χ0n) is 11.2. The van der Waals surface area contributed by atoms with Crippen LogP contribution in [0.5, 0.6) is 0 Å². The summed E-state index contributed by atoms with van der Waals surface area (Å²) in [5.41, 5.74) is 9.42. The number of anilines is 1. The Hall–Kier alpha value is -2.37. The number of benzene rings is 1. The van der Waals surface area contributed by atoms with Crippen LogP contribution in [0.2, 0.25) is 0 Å². The van der Waals surface area contributed by atoms with E-state index in [1.165, 1.54) is 10.2 Å². The Labute approximate surface area is 111 Å². The lowest BCUT2D eigenvalue weighted by molar-refractivity contribution is -0.384. The minimum atomic E-state index is -0.489. The van der Waals surface area contributed by atoms with Gasteiger partial charge in [0, 0.05) is 0 Å². The van der Waals surface area contributed by atoms with Gasteiger partial charge in [0.05, 0.1) is 11.5 Å². The molecule has 0 aliphatic heterocycles. The van der Waals surface area contributed by atoms with Crippen molar-refractivity contribution in [1.82, 2.24) is 9.78 Å². The van der Waals surface area contributed by atoms with Crippen molar-refractivity contribution in [1.29, 1.82) is 0 Å². The van der Waals surface area contributed by atoms with E-state index in [1.54, 1.807) is 6.92 Å². The fourth-order valence-corrected chi connectivity index (χ4v) is 2.08. The van der Waals surface area contributed by atoms with Crippen molar-refractivity contribution in [3.8, 4) is 0 Å². The molecule has 0 fully saturated rings. The lowest BCUT2D eigenvalue weighted by Crippen LogP contribution is -2.08. The van der Waals surface area contributed by atoms with Crippen LogP contribution in [0.1, 0.15) is 22.4 Å². The molecular weight excluding hydrogens is 244 g/mol. The largest absolute Gasteiger partial charge is 0.378 e. The van der Waals surface area contributed by atoms with Gasteiger partial charge in [0.25, 0.3) is 0 Å². The van der Waals surface area contributed by atoms with Gasteiger partial charge in [-0.1, -0.05) is 18.2 Å². The van der Waals surface area contributed by atoms with Gasteiger partial charge in [-0.25, -0.2) is 4.68 Å². The van der Waals surface area contributed by atoms with Crippen LogP contribution in [0.4, 0.5) is 11.5 Å². The van der Waals surface area contributed by atoms with E-state index in [-0.39, 0.29) is 11.5 Å². The number of hydrogen-bond acceptors (Lipinski definition) is 4. The van der Waals surface area contributed by atoms with Crippen molar-refractivity contribution in [3.63, 3.8) is 0 Å². The lowest BCUT2D eigenvalue weighted by Gasteiger charge is -2.09. The summed E-state index contributed by atoms with van der Waals surface area (Å²) >= 11 is 0. The van der Waals surface area contributed by atoms with Gasteiger partial charge in [-0.05, 0) is 37.5 Å². The fraction of sp³-hybridized carbons (Fsp3) is 0.308. The van der Waals surface area contributed by atoms with E-state index in [4.69, 9.17) is 5.73 Å². The number of aryl methyl sites for hydroxylation is 2. The molecule has 2 rings (SSSR count). The number of nitrogens with two attached hydrogens (primary N) is 1. The molecule has 0 spiro atoms. The molecule has 0 atom stereocenters. The minimum absolute atomic E-state index is 0.100. The molecule has 0 amide bonds. The van der Waals surface area contributed by atoms with E-state index >= 15 is 0 Å². The first kappa shape index (κ1) is 13.1. The number of nitro groups is 1. The van der Waals surface area contributed by atoms with E-state index in [0.717, 1.165) is 11.1 Å². The van der Waals surface area contributed by atoms with Crippen molar-refractivity contribution in [2.75, 3.05) is 5.73 Å². The second-order valence-corrected chi connectivity index (χ2v) is 4.59. The smallest absolute Gasteiger partial charge is 0.333 e. The van der Waals surface area contributed by atoms with Gasteiger partial charge in [0.15, 0.2) is 0 Å². The summed E-state index contributed by atoms with van der Waals surface area (Å²) in [5.74, 6) is 0.100. The normalized spacial score (nSPS) is 10.7. The van der Waals surface area contributed by atoms with Gasteiger partial charge in [-0.3, -0.25) is 10.1 Å². The average Bonchev–Trinajstić information content (AvgIpc) is 2.60. The van der Waals surface area contributed by atoms with E-state index in [1.807, 2.05) is 32.0 Å². The van der Waals surface area contributed by atoms with Crippen LogP contribution in [0.15, 0.2) is 18.2 Å². The van der Waals surface area contributed by atoms with Crippen LogP contribution in [0.25, 0.3) is 0 Å². The van der Waals surface area contributed by atoms with E-state index in [9.17, 15) is 10.1 Å². The molecular formula is C13H16N4O2. The summed E-state index contributed by atoms with van der Waals surface area (Å²) in [6.45, 7) is 6.08. The van der Waals surface area contributed by atoms with Gasteiger partial charge in [-0.2, -0.15) is 5.10 Å². The van der Waals surface area contributed by atoms with Gasteiger partial charge >= 0.3 is 5.69 Å². The molecule has 0 saturated carbocycles. The first-order chi connectivity index (χ1) is 8.91. The standard InChI is InChI=1S/C13H16N4O2/c1-8-5-4-6-11(9(8)2)7-16-13(14)12(17(18)19)10(3)15-16/h4-6H,7,14H2,1-3H3. The molecule has 0 unspecified atom stereocenters. The summed E-state index contributed by atoms with van der Waals surface area (Å²) in [6.07, 6.45) is 0. The van der Waals surface area contributed by atoms with E-state index < -0.39 is 4.92 Å². The maximum absolute atomic E-state index is 10.9. The van der Waals surface area contributed by atoms with Crippen molar-refractivity contribution in [2.45, 2.75) is 27.3 Å². The molecule has 19 heavy (non-hydrogen) atoms. The highest BCUT2D eigenvalue weighted by atomic mass is 16.6. The number of hydrogen-bond donors (Lipinski definition) is 1. The Kier molecular flexibility index (Phi) is 3.25. The summed E-state index contributed by atoms with van der Waals surface area (Å²) in [4.78, 5) is 10.4. The first-order valence-corrected chi connectivity index (χ1v) is 5.94. The Morgan fingerprint density at radius 3 is 2.63 bits per heavy atom. The molecule has 0 aliphatic carbocycles. The monoisotopic (exact) mass is 260 g/mol. The number of nitrogen functional groups attached to an aromatic ring is 1. The quantitative estimate of drug-likeness (QED) is 0.677. The maximum atomic E-state index is 10.9. The summed E-state index contributed by atoms with van der Waals surface area (Å²) < 4.78 is 1.48. The molecule has 100 valence electrons. The maximum Gasteiger partial charge on any atom is 0.333 e. The number of nitrogens with zero attached hydrogens (tertiary/aromatic N) is 3. The van der Waals surface area contributed by atoms with Crippen LogP contribution >= 0.6 is 0 Å². The highest BCUT2D eigenvalue weighted by Gasteiger charge is 2.23. The third kappa shape index (κ3) is 2.29. The van der Waals surface area contributed by atoms with Crippen molar-refractivity contribution < 1.29 is 4.92 Å². The van der Waals surface area contributed by atoms with E-state index in [2.05, 4.69) is 5.10 Å². The number of aromatic nitrogens is 2. The average molecular weight is 260 g/mol. The van der Waals surface area contributed by atoms with Gasteiger partial charge < -0.3 is 5.73 Å². The predicted octanol–water partition coefficient (Wildman–Crippen LogP) is 2.35. The van der Waals surface area contributed by atoms with Crippen molar-refractivity contribution >= 4 is 11.5 Å². The van der Waals surface area contributed by atoms with Gasteiger partial charge in [0.2, 0.25) is 5.82 Å². The van der Waals surface area contributed by atoms with Crippen LogP contribution in [0.3, 0.4) is 0 Å². The molecule has 2 aromatic rings. The molecule has 1 heterocycles. The third-order valence-electron chi connectivity index (χ3n) is 3.35. The Morgan fingerprint density at radius 1 is 1.37 bits per heavy atom. The third-order valence-corrected chi connectivity index (χ3v) is 3.35. The van der Waals surface area contributed by atoms with Gasteiger partial charge in [0.1, 0.15) is 5.69 Å². The minimum Gasteiger partial charge on any atom is -0.378 e. The van der Waals surface area contributed by atoms with Crippen LogP contribution in [-0.4, -0.2) is 14.7 Å². The molecule has 0 aliphatic rings. The summed E-state index contributed by atoms with van der Waals surface area (Å²) in [6, 6.07) is 5.96. The van der Waals surface area contributed by atoms with Crippen LogP contribution in [-0.2, 0) is 6.54 Å². The van der Waals surface area contributed by atoms with Crippen molar-refractivity contribution in [2.24, 2.45) is 0 Å². The molecule has 0 bridgehead atoms. The SMILES string of the molecule is Cc1cccc(Cn2nc(C)c([N+](=O)[O-])c2N)c1C. The van der Waals surface area contributed by atoms with Gasteiger partial charge in [-0.15, -0.1) is 0 Å². The van der Waals surface area contributed by atoms with Crippen molar-refractivity contribution in [3.05, 3.63) is 50.7 Å². The summed E-state index contributed by atoms with van der Waals surface area (Å²) in [5, 5.41) is 15.0. The molecule has 0 radical (unpaired) electrons. The molecule has 6 heteroatoms. The zero-order chi connectivity index (χ0) is 14.2. The molecule has 2 N–H and O–H groups in total. The second-order valence-electron chi connectivity index (χ2n) is 4.59. The molecule has 1 aromatic heterocycles. The number of rotatable bonds is 3. The second kappa shape index (κ2) is 4.72. The zero-order valence-corrected chi connectivity index (χ0v) is 11.2. The first-order valence-electron chi connectivity index (χ1n) is 5.94. The predicted molar refractivity (Wildman–Crippen MR) is 73.0 cm³/mol. The molecule has 1 aromatic carbocycles. The summed E-state index contributed by atoms with van der Waals surface area (Å²) in [7, 11) is 0. The Morgan fingerprint density at radius 2 is 2.05 bits per heavy atom. The molecule has 0 saturated heterocycles. The Bertz CT molecular complexity index is 646. The fourth-order valence-electron chi connectivity index (χ4n) is 2.08. The highest BCUT2D eigenvalue weighted by Crippen LogP contribution is 2.26. The van der Waals surface area contributed by atoms with E-state index in [0.29, 0.717) is 12.2 Å². The highest BCUT2D eigenvalue weighted by molar-refractivity contribution is 5.56. The lowest BCUT2D eigenvalue weighted by atomic mass is 10.0. The Balaban J connectivity index is 2.42. The van der Waals surface area contributed by atoms with Crippen LogP contribution in [0, 0.1) is 30.9 Å².